The van der Waals surface area contributed by atoms with Gasteiger partial charge in [0.1, 0.15) is 6.61 Å². The molecule has 4 nitrogen and oxygen atoms in total. The molecule has 0 aromatic carbocycles. The number of carbonyl (C=O) groups excluding carboxylic acids is 1. The van der Waals surface area contributed by atoms with Gasteiger partial charge in [-0.05, 0) is 19.8 Å². The van der Waals surface area contributed by atoms with Crippen LogP contribution in [0.5, 0.6) is 0 Å². The van der Waals surface area contributed by atoms with Gasteiger partial charge < -0.3 is 4.74 Å². The molecule has 0 aliphatic heterocycles. The molecule has 0 heterocycles. The first-order valence-electron chi connectivity index (χ1n) is 4.54. The summed E-state index contributed by atoms with van der Waals surface area (Å²) in [5.41, 5.74) is 2.31. The van der Waals surface area contributed by atoms with Crippen LogP contribution in [0, 0.1) is 5.92 Å². The molecule has 13 heavy (non-hydrogen) atoms. The molecule has 1 amide bonds. The third-order valence-corrected chi connectivity index (χ3v) is 1.15. The first-order chi connectivity index (χ1) is 6.02. The summed E-state index contributed by atoms with van der Waals surface area (Å²) in [7, 11) is 0. The van der Waals surface area contributed by atoms with E-state index in [4.69, 9.17) is 9.57 Å². The molecule has 0 rings (SSSR count). The van der Waals surface area contributed by atoms with Gasteiger partial charge >= 0.3 is 0 Å². The number of ether oxygens (including phenoxy) is 1. The molecule has 0 atom stereocenters. The van der Waals surface area contributed by atoms with Crippen LogP contribution < -0.4 is 5.48 Å². The van der Waals surface area contributed by atoms with Gasteiger partial charge in [0.15, 0.2) is 0 Å². The topological polar surface area (TPSA) is 47.6 Å². The van der Waals surface area contributed by atoms with E-state index in [2.05, 4.69) is 5.48 Å². The summed E-state index contributed by atoms with van der Waals surface area (Å²) < 4.78 is 5.07. The fourth-order valence-corrected chi connectivity index (χ4v) is 0.561. The lowest BCUT2D eigenvalue weighted by Crippen LogP contribution is -2.30. The standard InChI is InChI=1S/C9H19NO3/c1-7(2)5-13-10-9(11)6-12-8(3)4/h7-8H,5-6H2,1-4H3,(H,10,11). The number of nitrogens with one attached hydrogen (secondary N) is 1. The maximum absolute atomic E-state index is 11.0. The molecule has 78 valence electrons. The summed E-state index contributed by atoms with van der Waals surface area (Å²) in [5, 5.41) is 0. The normalized spacial score (nSPS) is 10.9. The van der Waals surface area contributed by atoms with E-state index < -0.39 is 0 Å². The molecule has 4 heteroatoms. The Balaban J connectivity index is 3.30. The fourth-order valence-electron chi connectivity index (χ4n) is 0.561. The first kappa shape index (κ1) is 12.4. The minimum atomic E-state index is -0.241. The van der Waals surface area contributed by atoms with Crippen LogP contribution in [0.15, 0.2) is 0 Å². The predicted octanol–water partition coefficient (Wildman–Crippen LogP) is 1.12. The maximum atomic E-state index is 11.0. The molecule has 0 aliphatic carbocycles. The molecule has 0 fully saturated rings. The second-order valence-electron chi connectivity index (χ2n) is 3.59. The Morgan fingerprint density at radius 1 is 1.31 bits per heavy atom. The van der Waals surface area contributed by atoms with Crippen LogP contribution in [0.1, 0.15) is 27.7 Å². The molecular weight excluding hydrogens is 170 g/mol. The molecule has 0 aromatic heterocycles. The lowest BCUT2D eigenvalue weighted by Gasteiger charge is -2.09. The number of hydrogen-bond acceptors (Lipinski definition) is 3. The fraction of sp³-hybridized carbons (Fsp3) is 0.889. The lowest BCUT2D eigenvalue weighted by molar-refractivity contribution is -0.140. The van der Waals surface area contributed by atoms with E-state index in [0.717, 1.165) is 0 Å². The Bertz CT molecular complexity index is 146. The smallest absolute Gasteiger partial charge is 0.269 e. The highest BCUT2D eigenvalue weighted by molar-refractivity contribution is 5.76. The Labute approximate surface area is 79.6 Å². The van der Waals surface area contributed by atoms with Crippen molar-refractivity contribution in [2.45, 2.75) is 33.8 Å². The van der Waals surface area contributed by atoms with E-state index in [1.807, 2.05) is 27.7 Å². The van der Waals surface area contributed by atoms with Crippen LogP contribution in [0.3, 0.4) is 0 Å². The number of hydroxylamine groups is 1. The SMILES string of the molecule is CC(C)CONC(=O)COC(C)C. The zero-order valence-electron chi connectivity index (χ0n) is 8.79. The van der Waals surface area contributed by atoms with Gasteiger partial charge in [-0.2, -0.15) is 0 Å². The van der Waals surface area contributed by atoms with Crippen LogP contribution in [0.2, 0.25) is 0 Å². The zero-order chi connectivity index (χ0) is 10.3. The molecular formula is C9H19NO3. The van der Waals surface area contributed by atoms with E-state index in [9.17, 15) is 4.79 Å². The lowest BCUT2D eigenvalue weighted by atomic mass is 10.2. The van der Waals surface area contributed by atoms with Crippen molar-refractivity contribution in [3.05, 3.63) is 0 Å². The molecule has 0 spiro atoms. The summed E-state index contributed by atoms with van der Waals surface area (Å²) >= 11 is 0. The third-order valence-electron chi connectivity index (χ3n) is 1.15. The van der Waals surface area contributed by atoms with Gasteiger partial charge in [0.25, 0.3) is 5.91 Å². The van der Waals surface area contributed by atoms with Gasteiger partial charge in [0, 0.05) is 0 Å². The molecule has 1 N–H and O–H groups in total. The molecule has 0 saturated carbocycles. The van der Waals surface area contributed by atoms with E-state index in [1.165, 1.54) is 0 Å². The maximum Gasteiger partial charge on any atom is 0.269 e. The Hall–Kier alpha value is -0.610. The quantitative estimate of drug-likeness (QED) is 0.637. The van der Waals surface area contributed by atoms with Gasteiger partial charge in [0.2, 0.25) is 0 Å². The van der Waals surface area contributed by atoms with Gasteiger partial charge in [0.05, 0.1) is 12.7 Å². The highest BCUT2D eigenvalue weighted by atomic mass is 16.7. The second kappa shape index (κ2) is 6.86. The highest BCUT2D eigenvalue weighted by Crippen LogP contribution is 1.90. The van der Waals surface area contributed by atoms with Crippen molar-refractivity contribution in [2.24, 2.45) is 5.92 Å². The van der Waals surface area contributed by atoms with Crippen LogP contribution >= 0.6 is 0 Å². The van der Waals surface area contributed by atoms with Crippen LogP contribution in [-0.2, 0) is 14.4 Å². The Morgan fingerprint density at radius 2 is 1.92 bits per heavy atom. The average Bonchev–Trinajstić information content (AvgIpc) is 2.00. The first-order valence-corrected chi connectivity index (χ1v) is 4.54. The van der Waals surface area contributed by atoms with Gasteiger partial charge in [-0.25, -0.2) is 5.48 Å². The summed E-state index contributed by atoms with van der Waals surface area (Å²) in [6.07, 6.45) is 0.0656. The predicted molar refractivity (Wildman–Crippen MR) is 50.0 cm³/mol. The van der Waals surface area contributed by atoms with Crippen molar-refractivity contribution in [2.75, 3.05) is 13.2 Å². The van der Waals surface area contributed by atoms with Crippen molar-refractivity contribution < 1.29 is 14.4 Å². The van der Waals surface area contributed by atoms with Crippen LogP contribution in [-0.4, -0.2) is 25.2 Å². The summed E-state index contributed by atoms with van der Waals surface area (Å²) in [6, 6.07) is 0. The summed E-state index contributed by atoms with van der Waals surface area (Å²) in [4.78, 5) is 15.9. The third kappa shape index (κ3) is 9.30. The molecule has 0 unspecified atom stereocenters. The van der Waals surface area contributed by atoms with Crippen molar-refractivity contribution in [3.63, 3.8) is 0 Å². The van der Waals surface area contributed by atoms with Crippen molar-refractivity contribution in [3.8, 4) is 0 Å². The number of amides is 1. The molecule has 0 radical (unpaired) electrons. The monoisotopic (exact) mass is 189 g/mol. The molecule has 0 bridgehead atoms. The zero-order valence-corrected chi connectivity index (χ0v) is 8.79. The summed E-state index contributed by atoms with van der Waals surface area (Å²) in [6.45, 7) is 8.35. The largest absolute Gasteiger partial charge is 0.369 e. The Morgan fingerprint density at radius 3 is 2.38 bits per heavy atom. The highest BCUT2D eigenvalue weighted by Gasteiger charge is 2.03. The number of rotatable bonds is 6. The van der Waals surface area contributed by atoms with E-state index in [0.29, 0.717) is 12.5 Å². The average molecular weight is 189 g/mol. The minimum absolute atomic E-state index is 0.0514. The van der Waals surface area contributed by atoms with Crippen molar-refractivity contribution in [1.29, 1.82) is 0 Å². The molecule has 0 aromatic rings. The molecule has 0 saturated heterocycles. The summed E-state index contributed by atoms with van der Waals surface area (Å²) in [5.74, 6) is 0.167. The van der Waals surface area contributed by atoms with Crippen molar-refractivity contribution in [1.82, 2.24) is 5.48 Å². The van der Waals surface area contributed by atoms with E-state index >= 15 is 0 Å². The van der Waals surface area contributed by atoms with E-state index in [-0.39, 0.29) is 18.6 Å². The number of carbonyl (C=O) groups is 1. The van der Waals surface area contributed by atoms with Crippen LogP contribution in [0.25, 0.3) is 0 Å². The minimum Gasteiger partial charge on any atom is -0.369 e. The van der Waals surface area contributed by atoms with Crippen LogP contribution in [0.4, 0.5) is 0 Å². The Kier molecular flexibility index (Phi) is 6.54. The van der Waals surface area contributed by atoms with E-state index in [1.54, 1.807) is 0 Å². The number of hydrogen-bond donors (Lipinski definition) is 1. The van der Waals surface area contributed by atoms with Gasteiger partial charge in [-0.3, -0.25) is 9.63 Å². The second-order valence-corrected chi connectivity index (χ2v) is 3.59. The molecule has 0 aliphatic rings. The van der Waals surface area contributed by atoms with Gasteiger partial charge in [-0.1, -0.05) is 13.8 Å². The van der Waals surface area contributed by atoms with Gasteiger partial charge in [-0.15, -0.1) is 0 Å². The van der Waals surface area contributed by atoms with Crippen molar-refractivity contribution >= 4 is 5.91 Å².